The Labute approximate surface area is 128 Å². The Morgan fingerprint density at radius 3 is 2.14 bits per heavy atom. The number of esters is 1. The topological polar surface area (TPSA) is 49.9 Å². The fourth-order valence-electron chi connectivity index (χ4n) is 2.43. The summed E-state index contributed by atoms with van der Waals surface area (Å²) in [6.07, 6.45) is 1.55. The third-order valence-electron chi connectivity index (χ3n) is 3.84. The summed E-state index contributed by atoms with van der Waals surface area (Å²) >= 11 is 0. The molecule has 1 atom stereocenters. The summed E-state index contributed by atoms with van der Waals surface area (Å²) in [6, 6.07) is 0.573. The number of carbonyl (C=O) groups is 2. The molecule has 0 saturated carbocycles. The van der Waals surface area contributed by atoms with Gasteiger partial charge in [-0.1, -0.05) is 6.92 Å². The highest BCUT2D eigenvalue weighted by Gasteiger charge is 2.24. The molecule has 0 aromatic heterocycles. The molecule has 1 fully saturated rings. The molecule has 1 heterocycles. The molecule has 0 bridgehead atoms. The predicted octanol–water partition coefficient (Wildman–Crippen LogP) is 2.05. The van der Waals surface area contributed by atoms with E-state index in [1.165, 1.54) is 0 Å². The van der Waals surface area contributed by atoms with Crippen LogP contribution in [0.4, 0.5) is 0 Å². The molecule has 1 aliphatic rings. The van der Waals surface area contributed by atoms with Crippen molar-refractivity contribution in [3.8, 4) is 0 Å². The molecule has 5 heteroatoms. The highest BCUT2D eigenvalue weighted by molar-refractivity contribution is 5.81. The van der Waals surface area contributed by atoms with Crippen molar-refractivity contribution in [1.82, 2.24) is 9.80 Å². The second kappa shape index (κ2) is 7.78. The summed E-state index contributed by atoms with van der Waals surface area (Å²) < 4.78 is 5.22. The van der Waals surface area contributed by atoms with Gasteiger partial charge in [0.2, 0.25) is 5.91 Å². The maximum Gasteiger partial charge on any atom is 0.306 e. The van der Waals surface area contributed by atoms with Crippen LogP contribution in [0.3, 0.4) is 0 Å². The van der Waals surface area contributed by atoms with E-state index >= 15 is 0 Å². The van der Waals surface area contributed by atoms with Gasteiger partial charge in [-0.15, -0.1) is 0 Å². The largest absolute Gasteiger partial charge is 0.460 e. The van der Waals surface area contributed by atoms with Crippen LogP contribution in [0.5, 0.6) is 0 Å². The fourth-order valence-corrected chi connectivity index (χ4v) is 2.43. The van der Waals surface area contributed by atoms with E-state index < -0.39 is 5.60 Å². The lowest BCUT2D eigenvalue weighted by molar-refractivity contribution is -0.156. The van der Waals surface area contributed by atoms with Crippen molar-refractivity contribution >= 4 is 11.9 Å². The summed E-state index contributed by atoms with van der Waals surface area (Å²) in [5.41, 5.74) is -0.484. The van der Waals surface area contributed by atoms with Crippen LogP contribution in [0.1, 0.15) is 53.9 Å². The molecule has 0 spiro atoms. The van der Waals surface area contributed by atoms with Gasteiger partial charge in [0.05, 0.1) is 6.42 Å². The number of carbonyl (C=O) groups excluding carboxylic acids is 2. The number of ether oxygens (including phenoxy) is 1. The molecule has 0 aliphatic carbocycles. The molecule has 1 aliphatic heterocycles. The zero-order chi connectivity index (χ0) is 16.0. The highest BCUT2D eigenvalue weighted by Crippen LogP contribution is 2.12. The van der Waals surface area contributed by atoms with E-state index in [9.17, 15) is 9.59 Å². The molecule has 21 heavy (non-hydrogen) atoms. The summed E-state index contributed by atoms with van der Waals surface area (Å²) in [5, 5.41) is 0. The van der Waals surface area contributed by atoms with Crippen LogP contribution < -0.4 is 0 Å². The van der Waals surface area contributed by atoms with Gasteiger partial charge >= 0.3 is 5.97 Å². The van der Waals surface area contributed by atoms with Gasteiger partial charge in [0, 0.05) is 38.6 Å². The predicted molar refractivity (Wildman–Crippen MR) is 83.0 cm³/mol. The highest BCUT2D eigenvalue weighted by atomic mass is 16.6. The first-order chi connectivity index (χ1) is 9.73. The zero-order valence-corrected chi connectivity index (χ0v) is 14.1. The first kappa shape index (κ1) is 18.0. The monoisotopic (exact) mass is 298 g/mol. The van der Waals surface area contributed by atoms with Crippen LogP contribution in [-0.2, 0) is 14.3 Å². The quantitative estimate of drug-likeness (QED) is 0.729. The van der Waals surface area contributed by atoms with Crippen molar-refractivity contribution in [1.29, 1.82) is 0 Å². The standard InChI is InChI=1S/C16H30N2O3/c1-6-13(2)17-9-11-18(12-10-17)14(19)7-8-15(20)21-16(3,4)5/h13H,6-12H2,1-5H3. The van der Waals surface area contributed by atoms with E-state index in [2.05, 4.69) is 18.7 Å². The van der Waals surface area contributed by atoms with Crippen molar-refractivity contribution < 1.29 is 14.3 Å². The SMILES string of the molecule is CCC(C)N1CCN(C(=O)CCC(=O)OC(C)(C)C)CC1. The van der Waals surface area contributed by atoms with E-state index in [0.29, 0.717) is 6.04 Å². The maximum absolute atomic E-state index is 12.1. The molecular weight excluding hydrogens is 268 g/mol. The number of rotatable bonds is 5. The molecule has 1 saturated heterocycles. The van der Waals surface area contributed by atoms with E-state index in [0.717, 1.165) is 32.6 Å². The van der Waals surface area contributed by atoms with Gasteiger partial charge in [0.15, 0.2) is 0 Å². The molecule has 0 aromatic rings. The van der Waals surface area contributed by atoms with Gasteiger partial charge in [-0.2, -0.15) is 0 Å². The summed E-state index contributed by atoms with van der Waals surface area (Å²) in [7, 11) is 0. The average Bonchev–Trinajstić information content (AvgIpc) is 2.42. The lowest BCUT2D eigenvalue weighted by Gasteiger charge is -2.37. The Morgan fingerprint density at radius 1 is 1.10 bits per heavy atom. The molecule has 1 rings (SSSR count). The van der Waals surface area contributed by atoms with Crippen LogP contribution in [0, 0.1) is 0 Å². The van der Waals surface area contributed by atoms with Crippen LogP contribution in [0.15, 0.2) is 0 Å². The number of nitrogens with zero attached hydrogens (tertiary/aromatic N) is 2. The van der Waals surface area contributed by atoms with E-state index in [1.807, 2.05) is 25.7 Å². The van der Waals surface area contributed by atoms with Crippen LogP contribution in [0.25, 0.3) is 0 Å². The number of piperazine rings is 1. The second-order valence-electron chi connectivity index (χ2n) is 6.76. The molecule has 0 aromatic carbocycles. The van der Waals surface area contributed by atoms with Crippen molar-refractivity contribution in [2.75, 3.05) is 26.2 Å². The molecule has 1 amide bonds. The van der Waals surface area contributed by atoms with Gasteiger partial charge in [0.25, 0.3) is 0 Å². The third kappa shape index (κ3) is 6.46. The fraction of sp³-hybridized carbons (Fsp3) is 0.875. The average molecular weight is 298 g/mol. The Balaban J connectivity index is 2.30. The number of hydrogen-bond acceptors (Lipinski definition) is 4. The van der Waals surface area contributed by atoms with Crippen molar-refractivity contribution in [2.24, 2.45) is 0 Å². The van der Waals surface area contributed by atoms with Crippen molar-refractivity contribution in [3.05, 3.63) is 0 Å². The lowest BCUT2D eigenvalue weighted by atomic mass is 10.1. The Kier molecular flexibility index (Phi) is 6.65. The van der Waals surface area contributed by atoms with Crippen LogP contribution in [-0.4, -0.2) is 59.5 Å². The molecule has 122 valence electrons. The third-order valence-corrected chi connectivity index (χ3v) is 3.84. The van der Waals surface area contributed by atoms with Crippen LogP contribution in [0.2, 0.25) is 0 Å². The van der Waals surface area contributed by atoms with Gasteiger partial charge in [0.1, 0.15) is 5.60 Å². The molecular formula is C16H30N2O3. The van der Waals surface area contributed by atoms with Gasteiger partial charge in [-0.3, -0.25) is 14.5 Å². The minimum Gasteiger partial charge on any atom is -0.460 e. The second-order valence-corrected chi connectivity index (χ2v) is 6.76. The number of amides is 1. The van der Waals surface area contributed by atoms with E-state index in [1.54, 1.807) is 0 Å². The first-order valence-electron chi connectivity index (χ1n) is 7.96. The molecule has 0 radical (unpaired) electrons. The molecule has 5 nitrogen and oxygen atoms in total. The summed E-state index contributed by atoms with van der Waals surface area (Å²) in [4.78, 5) is 28.0. The smallest absolute Gasteiger partial charge is 0.306 e. The van der Waals surface area contributed by atoms with Crippen molar-refractivity contribution in [2.45, 2.75) is 65.5 Å². The first-order valence-corrected chi connectivity index (χ1v) is 7.96. The minimum absolute atomic E-state index is 0.0599. The Hall–Kier alpha value is -1.10. The van der Waals surface area contributed by atoms with Gasteiger partial charge in [-0.05, 0) is 34.1 Å². The lowest BCUT2D eigenvalue weighted by Crippen LogP contribution is -2.51. The Bertz CT molecular complexity index is 355. The van der Waals surface area contributed by atoms with Crippen LogP contribution >= 0.6 is 0 Å². The maximum atomic E-state index is 12.1. The normalized spacial score (nSPS) is 18.4. The summed E-state index contributed by atoms with van der Waals surface area (Å²) in [5.74, 6) is -0.237. The molecule has 1 unspecified atom stereocenters. The minimum atomic E-state index is -0.484. The van der Waals surface area contributed by atoms with Crippen molar-refractivity contribution in [3.63, 3.8) is 0 Å². The summed E-state index contributed by atoms with van der Waals surface area (Å²) in [6.45, 7) is 13.3. The van der Waals surface area contributed by atoms with E-state index in [4.69, 9.17) is 4.74 Å². The van der Waals surface area contributed by atoms with Gasteiger partial charge in [-0.25, -0.2) is 0 Å². The zero-order valence-electron chi connectivity index (χ0n) is 14.1. The Morgan fingerprint density at radius 2 is 1.67 bits per heavy atom. The molecule has 0 N–H and O–H groups in total. The van der Waals surface area contributed by atoms with Gasteiger partial charge < -0.3 is 9.64 Å². The number of hydrogen-bond donors (Lipinski definition) is 0. The van der Waals surface area contributed by atoms with E-state index in [-0.39, 0.29) is 24.7 Å².